The molecule has 1 N–H and O–H groups in total. The number of unbranched alkanes of at least 4 members (excludes halogenated alkanes) is 2. The summed E-state index contributed by atoms with van der Waals surface area (Å²) in [4.78, 5) is 0. The van der Waals surface area contributed by atoms with Gasteiger partial charge in [-0.1, -0.05) is 33.1 Å². The molecule has 0 amide bonds. The molecule has 1 heterocycles. The van der Waals surface area contributed by atoms with Crippen LogP contribution in [0.15, 0.2) is 0 Å². The van der Waals surface area contributed by atoms with E-state index in [9.17, 15) is 0 Å². The summed E-state index contributed by atoms with van der Waals surface area (Å²) in [5.74, 6) is 0. The molecule has 0 saturated heterocycles. The summed E-state index contributed by atoms with van der Waals surface area (Å²) >= 11 is 0. The number of rotatable bonds is 8. The summed E-state index contributed by atoms with van der Waals surface area (Å²) in [5.41, 5.74) is 3.90. The zero-order chi connectivity index (χ0) is 13.5. The number of aryl methyl sites for hydroxylation is 2. The molecule has 0 radical (unpaired) electrons. The maximum Gasteiger partial charge on any atom is 0.0644 e. The minimum atomic E-state index is 0.477. The fraction of sp³-hybridized carbons (Fsp3) is 0.800. The lowest BCUT2D eigenvalue weighted by Gasteiger charge is -2.19. The summed E-state index contributed by atoms with van der Waals surface area (Å²) in [7, 11) is 2.04. The monoisotopic (exact) mass is 251 g/mol. The highest BCUT2D eigenvalue weighted by molar-refractivity contribution is 5.28. The summed E-state index contributed by atoms with van der Waals surface area (Å²) < 4.78 is 2.01. The molecule has 0 saturated carbocycles. The first-order valence-corrected chi connectivity index (χ1v) is 7.35. The average Bonchev–Trinajstić information content (AvgIpc) is 2.59. The molecule has 3 nitrogen and oxygen atoms in total. The minimum Gasteiger partial charge on any atom is -0.310 e. The smallest absolute Gasteiger partial charge is 0.0644 e. The number of hydrogen-bond donors (Lipinski definition) is 1. The molecule has 18 heavy (non-hydrogen) atoms. The SMILES string of the molecule is CCCCCC(NCCC)c1c(C)nn(C)c1C. The first-order chi connectivity index (χ1) is 8.61. The first-order valence-electron chi connectivity index (χ1n) is 7.35. The molecule has 0 fully saturated rings. The Balaban J connectivity index is 2.79. The van der Waals surface area contributed by atoms with E-state index >= 15 is 0 Å². The van der Waals surface area contributed by atoms with Gasteiger partial charge in [0.2, 0.25) is 0 Å². The van der Waals surface area contributed by atoms with E-state index in [4.69, 9.17) is 0 Å². The fourth-order valence-electron chi connectivity index (χ4n) is 2.56. The maximum atomic E-state index is 4.54. The Hall–Kier alpha value is -0.830. The van der Waals surface area contributed by atoms with E-state index in [1.165, 1.54) is 49.1 Å². The normalized spacial score (nSPS) is 12.9. The number of nitrogens with zero attached hydrogens (tertiary/aromatic N) is 2. The van der Waals surface area contributed by atoms with Gasteiger partial charge in [0.25, 0.3) is 0 Å². The summed E-state index contributed by atoms with van der Waals surface area (Å²) in [5, 5.41) is 8.23. The highest BCUT2D eigenvalue weighted by atomic mass is 15.3. The van der Waals surface area contributed by atoms with Crippen molar-refractivity contribution in [3.8, 4) is 0 Å². The second-order valence-electron chi connectivity index (χ2n) is 5.21. The van der Waals surface area contributed by atoms with Gasteiger partial charge < -0.3 is 5.32 Å². The Bertz CT molecular complexity index is 355. The largest absolute Gasteiger partial charge is 0.310 e. The van der Waals surface area contributed by atoms with Crippen molar-refractivity contribution in [3.05, 3.63) is 17.0 Å². The molecular formula is C15H29N3. The molecule has 0 aromatic carbocycles. The van der Waals surface area contributed by atoms with E-state index in [1.54, 1.807) is 0 Å². The topological polar surface area (TPSA) is 29.9 Å². The van der Waals surface area contributed by atoms with E-state index in [1.807, 2.05) is 11.7 Å². The lowest BCUT2D eigenvalue weighted by atomic mass is 9.98. The molecule has 0 aliphatic rings. The molecule has 104 valence electrons. The van der Waals surface area contributed by atoms with Crippen molar-refractivity contribution in [1.29, 1.82) is 0 Å². The Kier molecular flexibility index (Phi) is 6.41. The molecule has 1 unspecified atom stereocenters. The van der Waals surface area contributed by atoms with Gasteiger partial charge >= 0.3 is 0 Å². The standard InChI is InChI=1S/C15H29N3/c1-6-8-9-10-14(16-11-7-2)15-12(3)17-18(5)13(15)4/h14,16H,6-11H2,1-5H3. The van der Waals surface area contributed by atoms with Crippen molar-refractivity contribution >= 4 is 0 Å². The minimum absolute atomic E-state index is 0.477. The van der Waals surface area contributed by atoms with Crippen molar-refractivity contribution in [1.82, 2.24) is 15.1 Å². The van der Waals surface area contributed by atoms with Gasteiger partial charge in [0, 0.05) is 24.3 Å². The van der Waals surface area contributed by atoms with Crippen LogP contribution < -0.4 is 5.32 Å². The van der Waals surface area contributed by atoms with Gasteiger partial charge in [-0.25, -0.2) is 0 Å². The quantitative estimate of drug-likeness (QED) is 0.715. The maximum absolute atomic E-state index is 4.54. The lowest BCUT2D eigenvalue weighted by Crippen LogP contribution is -2.23. The van der Waals surface area contributed by atoms with Crippen molar-refractivity contribution in [2.75, 3.05) is 6.54 Å². The molecular weight excluding hydrogens is 222 g/mol. The van der Waals surface area contributed by atoms with Crippen LogP contribution in [-0.4, -0.2) is 16.3 Å². The Morgan fingerprint density at radius 3 is 2.39 bits per heavy atom. The molecule has 0 bridgehead atoms. The summed E-state index contributed by atoms with van der Waals surface area (Å²) in [6.45, 7) is 9.87. The van der Waals surface area contributed by atoms with E-state index in [-0.39, 0.29) is 0 Å². The number of nitrogens with one attached hydrogen (secondary N) is 1. The molecule has 0 aliphatic heterocycles. The third-order valence-electron chi connectivity index (χ3n) is 3.65. The van der Waals surface area contributed by atoms with E-state index in [0.29, 0.717) is 6.04 Å². The van der Waals surface area contributed by atoms with Gasteiger partial charge in [-0.2, -0.15) is 5.10 Å². The second-order valence-corrected chi connectivity index (χ2v) is 5.21. The van der Waals surface area contributed by atoms with Crippen LogP contribution in [0.25, 0.3) is 0 Å². The molecule has 1 atom stereocenters. The zero-order valence-corrected chi connectivity index (χ0v) is 12.7. The fourth-order valence-corrected chi connectivity index (χ4v) is 2.56. The summed E-state index contributed by atoms with van der Waals surface area (Å²) in [6.07, 6.45) is 6.31. The van der Waals surface area contributed by atoms with Gasteiger partial charge in [-0.15, -0.1) is 0 Å². The Labute approximate surface area is 112 Å². The van der Waals surface area contributed by atoms with Crippen LogP contribution in [0, 0.1) is 13.8 Å². The van der Waals surface area contributed by atoms with E-state index in [2.05, 4.69) is 38.1 Å². The molecule has 1 aromatic rings. The molecule has 1 rings (SSSR count). The van der Waals surface area contributed by atoms with E-state index in [0.717, 1.165) is 6.54 Å². The second kappa shape index (κ2) is 7.57. The number of hydrogen-bond acceptors (Lipinski definition) is 2. The predicted molar refractivity (Wildman–Crippen MR) is 77.9 cm³/mol. The van der Waals surface area contributed by atoms with Crippen molar-refractivity contribution < 1.29 is 0 Å². The number of aromatic nitrogens is 2. The van der Waals surface area contributed by atoms with Gasteiger partial charge in [-0.05, 0) is 33.2 Å². The Morgan fingerprint density at radius 2 is 1.89 bits per heavy atom. The molecule has 0 spiro atoms. The van der Waals surface area contributed by atoms with Crippen LogP contribution in [0.4, 0.5) is 0 Å². The van der Waals surface area contributed by atoms with Crippen LogP contribution in [0.2, 0.25) is 0 Å². The van der Waals surface area contributed by atoms with Crippen molar-refractivity contribution in [2.24, 2.45) is 7.05 Å². The third kappa shape index (κ3) is 3.84. The summed E-state index contributed by atoms with van der Waals surface area (Å²) in [6, 6.07) is 0.477. The van der Waals surface area contributed by atoms with Gasteiger partial charge in [0.15, 0.2) is 0 Å². The third-order valence-corrected chi connectivity index (χ3v) is 3.65. The van der Waals surface area contributed by atoms with Gasteiger partial charge in [0.05, 0.1) is 5.69 Å². The van der Waals surface area contributed by atoms with Crippen LogP contribution in [0.5, 0.6) is 0 Å². The predicted octanol–water partition coefficient (Wildman–Crippen LogP) is 3.66. The first kappa shape index (κ1) is 15.2. The van der Waals surface area contributed by atoms with Crippen LogP contribution >= 0.6 is 0 Å². The zero-order valence-electron chi connectivity index (χ0n) is 12.7. The van der Waals surface area contributed by atoms with Crippen LogP contribution in [-0.2, 0) is 7.05 Å². The molecule has 3 heteroatoms. The highest BCUT2D eigenvalue weighted by Gasteiger charge is 2.18. The Morgan fingerprint density at radius 1 is 1.17 bits per heavy atom. The molecule has 1 aromatic heterocycles. The van der Waals surface area contributed by atoms with Gasteiger partial charge in [-0.3, -0.25) is 4.68 Å². The van der Waals surface area contributed by atoms with Crippen LogP contribution in [0.1, 0.15) is 68.9 Å². The molecule has 0 aliphatic carbocycles. The highest BCUT2D eigenvalue weighted by Crippen LogP contribution is 2.25. The lowest BCUT2D eigenvalue weighted by molar-refractivity contribution is 0.471. The van der Waals surface area contributed by atoms with Crippen LogP contribution in [0.3, 0.4) is 0 Å². The van der Waals surface area contributed by atoms with E-state index < -0.39 is 0 Å². The van der Waals surface area contributed by atoms with Gasteiger partial charge in [0.1, 0.15) is 0 Å². The van der Waals surface area contributed by atoms with Crippen molar-refractivity contribution in [2.45, 2.75) is 65.8 Å². The van der Waals surface area contributed by atoms with Crippen molar-refractivity contribution in [3.63, 3.8) is 0 Å². The average molecular weight is 251 g/mol.